The number of rotatable bonds is 12. The molecule has 1 atom stereocenters. The minimum absolute atomic E-state index is 0.0959. The minimum atomic E-state index is -4.08. The summed E-state index contributed by atoms with van der Waals surface area (Å²) in [5, 5.41) is 2.92. The Hall–Kier alpha value is -3.65. The highest BCUT2D eigenvalue weighted by atomic mass is 32.2. The van der Waals surface area contributed by atoms with Crippen molar-refractivity contribution in [3.63, 3.8) is 0 Å². The highest BCUT2D eigenvalue weighted by molar-refractivity contribution is 7.92. The second kappa shape index (κ2) is 13.4. The fourth-order valence-corrected chi connectivity index (χ4v) is 6.07. The molecule has 1 N–H and O–H groups in total. The van der Waals surface area contributed by atoms with E-state index in [-0.39, 0.29) is 23.4 Å². The molecular formula is C31H39N3O4S. The van der Waals surface area contributed by atoms with Gasteiger partial charge in [0.2, 0.25) is 11.8 Å². The van der Waals surface area contributed by atoms with E-state index in [1.165, 1.54) is 21.3 Å². The van der Waals surface area contributed by atoms with Crippen molar-refractivity contribution in [3.05, 3.63) is 95.6 Å². The molecule has 0 aliphatic heterocycles. The summed E-state index contributed by atoms with van der Waals surface area (Å²) in [5.74, 6) is -0.715. The average Bonchev–Trinajstić information content (AvgIpc) is 2.91. The van der Waals surface area contributed by atoms with Gasteiger partial charge in [-0.05, 0) is 62.9 Å². The van der Waals surface area contributed by atoms with Gasteiger partial charge in [-0.25, -0.2) is 8.42 Å². The quantitative estimate of drug-likeness (QED) is 0.341. The first-order valence-corrected chi connectivity index (χ1v) is 14.8. The summed E-state index contributed by atoms with van der Waals surface area (Å²) < 4.78 is 29.1. The maximum absolute atomic E-state index is 14.1. The van der Waals surface area contributed by atoms with Crippen LogP contribution >= 0.6 is 0 Å². The number of amides is 2. The zero-order valence-electron chi connectivity index (χ0n) is 23.4. The van der Waals surface area contributed by atoms with E-state index < -0.39 is 28.5 Å². The van der Waals surface area contributed by atoms with E-state index in [9.17, 15) is 18.0 Å². The smallest absolute Gasteiger partial charge is 0.264 e. The Morgan fingerprint density at radius 3 is 2.18 bits per heavy atom. The van der Waals surface area contributed by atoms with Crippen molar-refractivity contribution in [1.29, 1.82) is 0 Å². The van der Waals surface area contributed by atoms with Gasteiger partial charge >= 0.3 is 0 Å². The first-order valence-electron chi connectivity index (χ1n) is 13.4. The molecule has 3 aromatic carbocycles. The standard InChI is InChI=1S/C31H39N3O4S/c1-6-26-16-11-12-19-29(26)34(39(37,38)27-17-9-8-10-18-27)22-30(35)33(21-25-15-13-14-24(5)20-25)28(7-2)31(36)32-23(3)4/h8-20,23,28H,6-7,21-22H2,1-5H3,(H,32,36)/t28-/m0/s1. The lowest BCUT2D eigenvalue weighted by atomic mass is 10.1. The van der Waals surface area contributed by atoms with Crippen LogP contribution in [0.1, 0.15) is 50.8 Å². The fraction of sp³-hybridized carbons (Fsp3) is 0.355. The number of carbonyl (C=O) groups excluding carboxylic acids is 2. The molecule has 0 unspecified atom stereocenters. The van der Waals surface area contributed by atoms with E-state index >= 15 is 0 Å². The van der Waals surface area contributed by atoms with Gasteiger partial charge in [0.05, 0.1) is 10.6 Å². The van der Waals surface area contributed by atoms with Crippen LogP contribution in [-0.2, 0) is 32.6 Å². The molecule has 0 fully saturated rings. The van der Waals surface area contributed by atoms with Crippen molar-refractivity contribution in [3.8, 4) is 0 Å². The molecule has 7 nitrogen and oxygen atoms in total. The summed E-state index contributed by atoms with van der Waals surface area (Å²) in [6, 6.07) is 22.2. The Morgan fingerprint density at radius 2 is 1.56 bits per heavy atom. The molecular weight excluding hydrogens is 510 g/mol. The van der Waals surface area contributed by atoms with E-state index in [0.29, 0.717) is 18.5 Å². The molecule has 39 heavy (non-hydrogen) atoms. The van der Waals surface area contributed by atoms with Crippen LogP contribution in [0.15, 0.2) is 83.8 Å². The predicted octanol–water partition coefficient (Wildman–Crippen LogP) is 5.08. The number of sulfonamides is 1. The average molecular weight is 550 g/mol. The summed E-state index contributed by atoms with van der Waals surface area (Å²) in [5.41, 5.74) is 3.15. The first-order chi connectivity index (χ1) is 18.6. The normalized spacial score (nSPS) is 12.2. The van der Waals surface area contributed by atoms with Crippen LogP contribution in [0.25, 0.3) is 0 Å². The zero-order valence-corrected chi connectivity index (χ0v) is 24.2. The second-order valence-corrected chi connectivity index (χ2v) is 11.8. The maximum atomic E-state index is 14.1. The van der Waals surface area contributed by atoms with Crippen molar-refractivity contribution >= 4 is 27.5 Å². The van der Waals surface area contributed by atoms with Crippen LogP contribution < -0.4 is 9.62 Å². The van der Waals surface area contributed by atoms with E-state index in [1.807, 2.05) is 71.0 Å². The van der Waals surface area contributed by atoms with Crippen molar-refractivity contribution in [2.75, 3.05) is 10.8 Å². The van der Waals surface area contributed by atoms with Crippen molar-refractivity contribution < 1.29 is 18.0 Å². The fourth-order valence-electron chi connectivity index (χ4n) is 4.59. The summed E-state index contributed by atoms with van der Waals surface area (Å²) in [6.45, 7) is 9.24. The molecule has 3 aromatic rings. The Morgan fingerprint density at radius 1 is 0.897 bits per heavy atom. The van der Waals surface area contributed by atoms with E-state index in [1.54, 1.807) is 30.3 Å². The van der Waals surface area contributed by atoms with Crippen LogP contribution in [-0.4, -0.2) is 43.8 Å². The van der Waals surface area contributed by atoms with Gasteiger partial charge in [0.25, 0.3) is 10.0 Å². The van der Waals surface area contributed by atoms with Gasteiger partial charge in [-0.1, -0.05) is 80.1 Å². The highest BCUT2D eigenvalue weighted by Crippen LogP contribution is 2.28. The van der Waals surface area contributed by atoms with Gasteiger partial charge in [-0.3, -0.25) is 13.9 Å². The molecule has 0 aliphatic rings. The first kappa shape index (κ1) is 29.9. The number of hydrogen-bond acceptors (Lipinski definition) is 4. The Kier molecular flexibility index (Phi) is 10.3. The number of nitrogens with one attached hydrogen (secondary N) is 1. The van der Waals surface area contributed by atoms with E-state index in [4.69, 9.17) is 0 Å². The van der Waals surface area contributed by atoms with E-state index in [2.05, 4.69) is 5.32 Å². The Balaban J connectivity index is 2.09. The lowest BCUT2D eigenvalue weighted by molar-refractivity contribution is -0.140. The molecule has 0 aromatic heterocycles. The SMILES string of the molecule is CCc1ccccc1N(CC(=O)N(Cc1cccc(C)c1)[C@@H](CC)C(=O)NC(C)C)S(=O)(=O)c1ccccc1. The Labute approximate surface area is 232 Å². The number of nitrogens with zero attached hydrogens (tertiary/aromatic N) is 2. The third kappa shape index (κ3) is 7.47. The molecule has 0 saturated heterocycles. The number of carbonyl (C=O) groups is 2. The summed E-state index contributed by atoms with van der Waals surface area (Å²) in [6.07, 6.45) is 0.972. The summed E-state index contributed by atoms with van der Waals surface area (Å²) >= 11 is 0. The van der Waals surface area contributed by atoms with Gasteiger partial charge in [-0.2, -0.15) is 0 Å². The molecule has 0 radical (unpaired) electrons. The predicted molar refractivity (Wildman–Crippen MR) is 156 cm³/mol. The third-order valence-electron chi connectivity index (χ3n) is 6.50. The minimum Gasteiger partial charge on any atom is -0.352 e. The molecule has 2 amide bonds. The largest absolute Gasteiger partial charge is 0.352 e. The molecule has 3 rings (SSSR count). The molecule has 0 aliphatic carbocycles. The lowest BCUT2D eigenvalue weighted by Gasteiger charge is -2.34. The molecule has 8 heteroatoms. The van der Waals surface area contributed by atoms with Gasteiger partial charge < -0.3 is 10.2 Å². The monoisotopic (exact) mass is 549 g/mol. The molecule has 0 spiro atoms. The van der Waals surface area contributed by atoms with Gasteiger partial charge in [-0.15, -0.1) is 0 Å². The molecule has 0 bridgehead atoms. The van der Waals surface area contributed by atoms with Crippen LogP contribution in [0.3, 0.4) is 0 Å². The number of para-hydroxylation sites is 1. The van der Waals surface area contributed by atoms with E-state index in [0.717, 1.165) is 16.7 Å². The van der Waals surface area contributed by atoms with Crippen molar-refractivity contribution in [2.45, 2.75) is 71.0 Å². The lowest BCUT2D eigenvalue weighted by Crippen LogP contribution is -2.53. The van der Waals surface area contributed by atoms with Gasteiger partial charge in [0, 0.05) is 12.6 Å². The number of anilines is 1. The number of benzene rings is 3. The molecule has 0 saturated carbocycles. The molecule has 208 valence electrons. The van der Waals surface area contributed by atoms with Crippen LogP contribution in [0.5, 0.6) is 0 Å². The topological polar surface area (TPSA) is 86.8 Å². The Bertz CT molecular complexity index is 1370. The van der Waals surface area contributed by atoms with Crippen molar-refractivity contribution in [1.82, 2.24) is 10.2 Å². The van der Waals surface area contributed by atoms with Crippen LogP contribution in [0, 0.1) is 6.92 Å². The summed E-state index contributed by atoms with van der Waals surface area (Å²) in [7, 11) is -4.08. The second-order valence-electron chi connectivity index (χ2n) is 9.91. The highest BCUT2D eigenvalue weighted by Gasteiger charge is 2.34. The summed E-state index contributed by atoms with van der Waals surface area (Å²) in [4.78, 5) is 29.0. The van der Waals surface area contributed by atoms with Gasteiger partial charge in [0.1, 0.15) is 12.6 Å². The number of aryl methyl sites for hydroxylation is 2. The van der Waals surface area contributed by atoms with Crippen LogP contribution in [0.2, 0.25) is 0 Å². The molecule has 0 heterocycles. The maximum Gasteiger partial charge on any atom is 0.264 e. The number of hydrogen-bond donors (Lipinski definition) is 1. The van der Waals surface area contributed by atoms with Crippen LogP contribution in [0.4, 0.5) is 5.69 Å². The van der Waals surface area contributed by atoms with Crippen molar-refractivity contribution in [2.24, 2.45) is 0 Å². The third-order valence-corrected chi connectivity index (χ3v) is 8.28. The van der Waals surface area contributed by atoms with Gasteiger partial charge in [0.15, 0.2) is 0 Å². The zero-order chi connectivity index (χ0) is 28.6.